The molecule has 31 heavy (non-hydrogen) atoms. The highest BCUT2D eigenvalue weighted by Gasteiger charge is 2.42. The van der Waals surface area contributed by atoms with Crippen LogP contribution in [0.1, 0.15) is 48.0 Å². The molecule has 1 unspecified atom stereocenters. The first kappa shape index (κ1) is 21.5. The van der Waals surface area contributed by atoms with Crippen LogP contribution < -0.4 is 5.43 Å². The van der Waals surface area contributed by atoms with Gasteiger partial charge in [0.05, 0.1) is 17.0 Å². The van der Waals surface area contributed by atoms with Gasteiger partial charge in [0, 0.05) is 11.6 Å². The molecule has 0 spiro atoms. The summed E-state index contributed by atoms with van der Waals surface area (Å²) in [7, 11) is 0. The highest BCUT2D eigenvalue weighted by molar-refractivity contribution is 6.31. The number of nitrogens with zero attached hydrogens (tertiary/aromatic N) is 2. The lowest BCUT2D eigenvalue weighted by molar-refractivity contribution is 0.0720. The molecule has 0 bridgehead atoms. The van der Waals surface area contributed by atoms with E-state index >= 15 is 0 Å². The van der Waals surface area contributed by atoms with E-state index in [1.807, 2.05) is 0 Å². The molecule has 7 heteroatoms. The van der Waals surface area contributed by atoms with Crippen molar-refractivity contribution < 1.29 is 13.6 Å². The Hall–Kier alpha value is -2.70. The molecule has 0 N–H and O–H groups in total. The van der Waals surface area contributed by atoms with Crippen LogP contribution in [-0.2, 0) is 0 Å². The smallest absolute Gasteiger partial charge is 0.290 e. The molecule has 1 aromatic heterocycles. The average Bonchev–Trinajstić information content (AvgIpc) is 3.04. The minimum absolute atomic E-state index is 0.0249. The second kappa shape index (κ2) is 8.81. The number of carbonyl (C=O) groups is 1. The minimum Gasteiger partial charge on any atom is -0.450 e. The zero-order chi connectivity index (χ0) is 22.1. The Balaban J connectivity index is 1.81. The van der Waals surface area contributed by atoms with E-state index in [2.05, 4.69) is 18.7 Å². The molecule has 0 fully saturated rings. The summed E-state index contributed by atoms with van der Waals surface area (Å²) in [5, 5.41) is 0.716. The molecule has 4 rings (SSSR count). The van der Waals surface area contributed by atoms with E-state index in [0.29, 0.717) is 28.1 Å². The summed E-state index contributed by atoms with van der Waals surface area (Å²) >= 11 is 6.09. The number of carbonyl (C=O) groups excluding carboxylic acids is 1. The lowest BCUT2D eigenvalue weighted by Crippen LogP contribution is -2.33. The number of rotatable bonds is 7. The van der Waals surface area contributed by atoms with Crippen LogP contribution in [-0.4, -0.2) is 41.9 Å². The van der Waals surface area contributed by atoms with Gasteiger partial charge in [-0.2, -0.15) is 0 Å². The molecule has 1 aliphatic rings. The van der Waals surface area contributed by atoms with Gasteiger partial charge in [-0.1, -0.05) is 37.6 Å². The normalized spacial score (nSPS) is 15.8. The predicted octanol–water partition coefficient (Wildman–Crippen LogP) is 4.86. The fraction of sp³-hybridized carbons (Fsp3) is 0.333. The molecule has 0 aliphatic carbocycles. The average molecular weight is 443 g/mol. The van der Waals surface area contributed by atoms with Gasteiger partial charge in [0.15, 0.2) is 5.43 Å². The highest BCUT2D eigenvalue weighted by Crippen LogP contribution is 2.38. The van der Waals surface area contributed by atoms with Crippen molar-refractivity contribution >= 4 is 28.5 Å². The fourth-order valence-corrected chi connectivity index (χ4v) is 4.42. The third-order valence-corrected chi connectivity index (χ3v) is 6.10. The minimum atomic E-state index is -0.700. The molecular formula is C24H24ClFN2O3. The number of hydrogen-bond donors (Lipinski definition) is 0. The molecule has 0 radical (unpaired) electrons. The van der Waals surface area contributed by atoms with E-state index < -0.39 is 11.9 Å². The molecule has 3 aromatic rings. The van der Waals surface area contributed by atoms with Gasteiger partial charge in [-0.25, -0.2) is 4.39 Å². The summed E-state index contributed by atoms with van der Waals surface area (Å²) in [5.41, 5.74) is 0.786. The van der Waals surface area contributed by atoms with E-state index in [9.17, 15) is 14.0 Å². The number of fused-ring (bicyclic) bond motifs is 2. The lowest BCUT2D eigenvalue weighted by atomic mass is 9.98. The Morgan fingerprint density at radius 3 is 2.61 bits per heavy atom. The summed E-state index contributed by atoms with van der Waals surface area (Å²) in [4.78, 5) is 30.6. The van der Waals surface area contributed by atoms with Crippen molar-refractivity contribution in [2.24, 2.45) is 0 Å². The van der Waals surface area contributed by atoms with Gasteiger partial charge in [0.25, 0.3) is 5.91 Å². The molecule has 1 amide bonds. The Bertz CT molecular complexity index is 1190. The number of amides is 1. The van der Waals surface area contributed by atoms with Crippen LogP contribution in [0.25, 0.3) is 11.0 Å². The van der Waals surface area contributed by atoms with Crippen LogP contribution >= 0.6 is 11.6 Å². The van der Waals surface area contributed by atoms with Gasteiger partial charge in [0.2, 0.25) is 5.76 Å². The van der Waals surface area contributed by atoms with E-state index in [1.54, 1.807) is 35.2 Å². The van der Waals surface area contributed by atoms with Crippen molar-refractivity contribution in [3.63, 3.8) is 0 Å². The summed E-state index contributed by atoms with van der Waals surface area (Å²) in [6, 6.07) is 10.1. The van der Waals surface area contributed by atoms with Crippen LogP contribution in [0.3, 0.4) is 0 Å². The molecule has 0 saturated carbocycles. The van der Waals surface area contributed by atoms with Crippen molar-refractivity contribution in [3.05, 3.63) is 80.4 Å². The van der Waals surface area contributed by atoms with Crippen molar-refractivity contribution in [2.75, 3.05) is 26.2 Å². The zero-order valence-corrected chi connectivity index (χ0v) is 18.3. The molecule has 162 valence electrons. The van der Waals surface area contributed by atoms with Crippen LogP contribution in [0.5, 0.6) is 0 Å². The number of hydrogen-bond acceptors (Lipinski definition) is 4. The Morgan fingerprint density at radius 2 is 1.90 bits per heavy atom. The molecule has 5 nitrogen and oxygen atoms in total. The molecule has 2 aromatic carbocycles. The second-order valence-electron chi connectivity index (χ2n) is 7.65. The van der Waals surface area contributed by atoms with Crippen molar-refractivity contribution in [2.45, 2.75) is 26.3 Å². The van der Waals surface area contributed by atoms with Gasteiger partial charge in [0.1, 0.15) is 11.4 Å². The van der Waals surface area contributed by atoms with Crippen molar-refractivity contribution in [3.8, 4) is 0 Å². The van der Waals surface area contributed by atoms with Crippen molar-refractivity contribution in [1.82, 2.24) is 9.80 Å². The van der Waals surface area contributed by atoms with Gasteiger partial charge in [-0.3, -0.25) is 9.59 Å². The lowest BCUT2D eigenvalue weighted by Gasteiger charge is -2.26. The Labute approximate surface area is 185 Å². The first-order chi connectivity index (χ1) is 14.9. The van der Waals surface area contributed by atoms with E-state index in [1.165, 1.54) is 12.1 Å². The number of halogens is 2. The number of benzene rings is 2. The summed E-state index contributed by atoms with van der Waals surface area (Å²) in [6.07, 6.45) is 0.729. The van der Waals surface area contributed by atoms with Crippen LogP contribution in [0.15, 0.2) is 51.7 Å². The second-order valence-corrected chi connectivity index (χ2v) is 8.09. The molecule has 0 saturated heterocycles. The maximum Gasteiger partial charge on any atom is 0.290 e. The topological polar surface area (TPSA) is 53.8 Å². The van der Waals surface area contributed by atoms with E-state index in [4.69, 9.17) is 16.0 Å². The third kappa shape index (κ3) is 3.98. The van der Waals surface area contributed by atoms with Gasteiger partial charge in [-0.15, -0.1) is 0 Å². The summed E-state index contributed by atoms with van der Waals surface area (Å²) < 4.78 is 19.9. The van der Waals surface area contributed by atoms with Crippen LogP contribution in [0, 0.1) is 5.82 Å². The molecule has 1 aliphatic heterocycles. The highest BCUT2D eigenvalue weighted by atomic mass is 35.5. The maximum absolute atomic E-state index is 14.0. The van der Waals surface area contributed by atoms with Crippen LogP contribution in [0.2, 0.25) is 5.02 Å². The van der Waals surface area contributed by atoms with E-state index in [0.717, 1.165) is 26.1 Å². The summed E-state index contributed by atoms with van der Waals surface area (Å²) in [6.45, 7) is 7.28. The zero-order valence-electron chi connectivity index (χ0n) is 17.5. The predicted molar refractivity (Wildman–Crippen MR) is 119 cm³/mol. The van der Waals surface area contributed by atoms with Crippen LogP contribution in [0.4, 0.5) is 4.39 Å². The first-order valence-corrected chi connectivity index (χ1v) is 10.9. The molecular weight excluding hydrogens is 419 g/mol. The largest absolute Gasteiger partial charge is 0.450 e. The quantitative estimate of drug-likeness (QED) is 0.524. The Morgan fingerprint density at radius 1 is 1.13 bits per heavy atom. The van der Waals surface area contributed by atoms with Gasteiger partial charge in [-0.05, 0) is 62.0 Å². The fourth-order valence-electron chi connectivity index (χ4n) is 4.25. The molecule has 2 heterocycles. The van der Waals surface area contributed by atoms with Gasteiger partial charge < -0.3 is 14.2 Å². The standard InChI is InChI=1S/C24H24ClFN2O3/c1-3-27(4-2)11-6-12-28-21(15-7-5-8-17(26)13-15)20-22(29)18-14-16(25)9-10-19(18)31-23(20)24(28)30/h5,7-10,13-14,21H,3-4,6,11-12H2,1-2H3. The van der Waals surface area contributed by atoms with Crippen molar-refractivity contribution in [1.29, 1.82) is 0 Å². The monoisotopic (exact) mass is 442 g/mol. The van der Waals surface area contributed by atoms with E-state index in [-0.39, 0.29) is 22.7 Å². The third-order valence-electron chi connectivity index (χ3n) is 5.86. The first-order valence-electron chi connectivity index (χ1n) is 10.5. The SMILES string of the molecule is CCN(CC)CCCN1C(=O)c2oc3ccc(Cl)cc3c(=O)c2C1c1cccc(F)c1. The summed E-state index contributed by atoms with van der Waals surface area (Å²) in [5.74, 6) is -0.746. The Kier molecular flexibility index (Phi) is 6.12. The molecule has 1 atom stereocenters. The maximum atomic E-state index is 14.0. The van der Waals surface area contributed by atoms with Gasteiger partial charge >= 0.3 is 0 Å².